The van der Waals surface area contributed by atoms with E-state index in [9.17, 15) is 0 Å². The predicted molar refractivity (Wildman–Crippen MR) is 114 cm³/mol. The first-order chi connectivity index (χ1) is 12.3. The Morgan fingerprint density at radius 3 is 2.89 bits per heavy atom. The Labute approximate surface area is 176 Å². The van der Waals surface area contributed by atoms with E-state index in [2.05, 4.69) is 28.5 Å². The number of aromatic nitrogens is 3. The van der Waals surface area contributed by atoms with Crippen molar-refractivity contribution < 1.29 is 0 Å². The minimum atomic E-state index is 0. The van der Waals surface area contributed by atoms with E-state index in [1.165, 1.54) is 31.6 Å². The summed E-state index contributed by atoms with van der Waals surface area (Å²) in [6.45, 7) is 2.39. The smallest absolute Gasteiger partial charge is 0.137 e. The van der Waals surface area contributed by atoms with Crippen molar-refractivity contribution in [3.8, 4) is 11.4 Å². The minimum absolute atomic E-state index is 0. The molecule has 0 aromatic carbocycles. The van der Waals surface area contributed by atoms with Crippen molar-refractivity contribution in [1.29, 1.82) is 0 Å². The zero-order chi connectivity index (χ0) is 16.8. The third-order valence-electron chi connectivity index (χ3n) is 5.92. The molecular formula is C20H23Cl3N4. The van der Waals surface area contributed by atoms with Gasteiger partial charge in [-0.05, 0) is 74.4 Å². The Morgan fingerprint density at radius 1 is 1.11 bits per heavy atom. The molecule has 1 aliphatic carbocycles. The second kappa shape index (κ2) is 8.36. The van der Waals surface area contributed by atoms with Gasteiger partial charge in [0.1, 0.15) is 5.65 Å². The van der Waals surface area contributed by atoms with Gasteiger partial charge < -0.3 is 5.32 Å². The van der Waals surface area contributed by atoms with Crippen molar-refractivity contribution in [2.45, 2.75) is 19.3 Å². The third-order valence-corrected chi connectivity index (χ3v) is 6.14. The molecule has 1 saturated carbocycles. The van der Waals surface area contributed by atoms with Crippen molar-refractivity contribution in [2.24, 2.45) is 17.8 Å². The van der Waals surface area contributed by atoms with Gasteiger partial charge in [0, 0.05) is 11.9 Å². The lowest BCUT2D eigenvalue weighted by molar-refractivity contribution is 0.372. The summed E-state index contributed by atoms with van der Waals surface area (Å²) in [6, 6.07) is 10.1. The molecule has 3 atom stereocenters. The summed E-state index contributed by atoms with van der Waals surface area (Å²) in [5.41, 5.74) is 4.03. The first kappa shape index (κ1) is 20.4. The van der Waals surface area contributed by atoms with Crippen LogP contribution in [0.5, 0.6) is 0 Å². The average molecular weight is 426 g/mol. The third kappa shape index (κ3) is 3.81. The molecule has 0 amide bonds. The normalized spacial score (nSPS) is 23.7. The molecule has 4 heterocycles. The molecule has 2 fully saturated rings. The van der Waals surface area contributed by atoms with Gasteiger partial charge in [-0.2, -0.15) is 0 Å². The van der Waals surface area contributed by atoms with Crippen molar-refractivity contribution in [2.75, 3.05) is 13.1 Å². The molecule has 4 nitrogen and oxygen atoms in total. The lowest BCUT2D eigenvalue weighted by Gasteiger charge is -2.17. The van der Waals surface area contributed by atoms with E-state index >= 15 is 0 Å². The Hall–Kier alpha value is -1.33. The van der Waals surface area contributed by atoms with Gasteiger partial charge in [-0.15, -0.1) is 24.8 Å². The highest BCUT2D eigenvalue weighted by Gasteiger charge is 2.38. The zero-order valence-corrected chi connectivity index (χ0v) is 17.2. The van der Waals surface area contributed by atoms with Gasteiger partial charge in [-0.25, -0.2) is 4.98 Å². The van der Waals surface area contributed by atoms with Crippen molar-refractivity contribution in [3.63, 3.8) is 0 Å². The summed E-state index contributed by atoms with van der Waals surface area (Å²) in [5.74, 6) is 2.48. The lowest BCUT2D eigenvalue weighted by atomic mass is 9.89. The molecule has 3 aromatic rings. The SMILES string of the molecule is Cl.Cl.Clc1ccc2ncc(-c3cccc(CC4CC[C@H]5CNC[C@@H]45)n3)n2c1. The molecule has 1 saturated heterocycles. The summed E-state index contributed by atoms with van der Waals surface area (Å²) in [5, 5.41) is 4.26. The van der Waals surface area contributed by atoms with E-state index in [-0.39, 0.29) is 24.8 Å². The molecule has 7 heteroatoms. The van der Waals surface area contributed by atoms with Crippen LogP contribution in [0.15, 0.2) is 42.7 Å². The van der Waals surface area contributed by atoms with E-state index < -0.39 is 0 Å². The largest absolute Gasteiger partial charge is 0.316 e. The summed E-state index contributed by atoms with van der Waals surface area (Å²) in [6.07, 6.45) is 7.57. The maximum Gasteiger partial charge on any atom is 0.137 e. The molecule has 1 aliphatic heterocycles. The Balaban J connectivity index is 0.00000105. The molecule has 27 heavy (non-hydrogen) atoms. The second-order valence-corrected chi connectivity index (χ2v) is 7.79. The number of hydrogen-bond donors (Lipinski definition) is 1. The topological polar surface area (TPSA) is 42.2 Å². The number of pyridine rings is 2. The van der Waals surface area contributed by atoms with Gasteiger partial charge >= 0.3 is 0 Å². The molecular weight excluding hydrogens is 403 g/mol. The number of rotatable bonds is 3. The second-order valence-electron chi connectivity index (χ2n) is 7.36. The molecule has 0 spiro atoms. The fourth-order valence-electron chi connectivity index (χ4n) is 4.67. The number of nitrogens with one attached hydrogen (secondary N) is 1. The Bertz CT molecular complexity index is 926. The van der Waals surface area contributed by atoms with Crippen LogP contribution in [0.1, 0.15) is 18.5 Å². The molecule has 0 bridgehead atoms. The summed E-state index contributed by atoms with van der Waals surface area (Å²) < 4.78 is 2.01. The minimum Gasteiger partial charge on any atom is -0.316 e. The number of imidazole rings is 1. The predicted octanol–water partition coefficient (Wildman–Crippen LogP) is 4.68. The van der Waals surface area contributed by atoms with Crippen LogP contribution in [-0.2, 0) is 6.42 Å². The Morgan fingerprint density at radius 2 is 2.00 bits per heavy atom. The van der Waals surface area contributed by atoms with E-state index in [1.807, 2.05) is 28.9 Å². The van der Waals surface area contributed by atoms with Gasteiger partial charge in [0.2, 0.25) is 0 Å². The van der Waals surface area contributed by atoms with Crippen LogP contribution in [-0.4, -0.2) is 27.5 Å². The maximum absolute atomic E-state index is 6.16. The number of hydrogen-bond acceptors (Lipinski definition) is 3. The molecule has 5 rings (SSSR count). The van der Waals surface area contributed by atoms with E-state index in [0.29, 0.717) is 5.02 Å². The molecule has 144 valence electrons. The molecule has 1 unspecified atom stereocenters. The average Bonchev–Trinajstić information content (AvgIpc) is 3.32. The van der Waals surface area contributed by atoms with Crippen LogP contribution in [0.4, 0.5) is 0 Å². The van der Waals surface area contributed by atoms with Crippen LogP contribution >= 0.6 is 36.4 Å². The van der Waals surface area contributed by atoms with Crippen molar-refractivity contribution in [1.82, 2.24) is 19.7 Å². The number of halogens is 3. The van der Waals surface area contributed by atoms with Gasteiger partial charge in [-0.3, -0.25) is 9.38 Å². The number of nitrogens with zero attached hydrogens (tertiary/aromatic N) is 3. The number of fused-ring (bicyclic) bond motifs is 2. The van der Waals surface area contributed by atoms with E-state index in [1.54, 1.807) is 0 Å². The molecule has 0 radical (unpaired) electrons. The lowest BCUT2D eigenvalue weighted by Crippen LogP contribution is -2.18. The van der Waals surface area contributed by atoms with Crippen LogP contribution in [0.2, 0.25) is 5.02 Å². The van der Waals surface area contributed by atoms with Gasteiger partial charge in [0.25, 0.3) is 0 Å². The monoisotopic (exact) mass is 424 g/mol. The highest BCUT2D eigenvalue weighted by atomic mass is 35.5. The van der Waals surface area contributed by atoms with Gasteiger partial charge in [-0.1, -0.05) is 17.7 Å². The highest BCUT2D eigenvalue weighted by molar-refractivity contribution is 6.30. The first-order valence-electron chi connectivity index (χ1n) is 9.07. The fourth-order valence-corrected chi connectivity index (χ4v) is 4.83. The van der Waals surface area contributed by atoms with Crippen LogP contribution in [0.3, 0.4) is 0 Å². The van der Waals surface area contributed by atoms with Crippen molar-refractivity contribution in [3.05, 3.63) is 53.4 Å². The quantitative estimate of drug-likeness (QED) is 0.662. The summed E-state index contributed by atoms with van der Waals surface area (Å²) >= 11 is 6.16. The highest BCUT2D eigenvalue weighted by Crippen LogP contribution is 2.40. The molecule has 1 N–H and O–H groups in total. The molecule has 3 aromatic heterocycles. The van der Waals surface area contributed by atoms with Crippen molar-refractivity contribution >= 4 is 42.1 Å². The summed E-state index contributed by atoms with van der Waals surface area (Å²) in [7, 11) is 0. The standard InChI is InChI=1S/C20H21ClN4.2ClH/c21-15-6-7-20-23-11-19(25(20)12-15)18-3-1-2-16(24-18)8-13-4-5-14-9-22-10-17(13)14;;/h1-3,6-7,11-14,17,22H,4-5,8-10H2;2*1H/t13?,14-,17-;;/m0../s1. The maximum atomic E-state index is 6.16. The fraction of sp³-hybridized carbons (Fsp3) is 0.400. The van der Waals surface area contributed by atoms with Crippen LogP contribution < -0.4 is 5.32 Å². The van der Waals surface area contributed by atoms with Gasteiger partial charge in [0.05, 0.1) is 22.6 Å². The molecule has 2 aliphatic rings. The van der Waals surface area contributed by atoms with Crippen LogP contribution in [0.25, 0.3) is 17.0 Å². The zero-order valence-electron chi connectivity index (χ0n) is 14.8. The van der Waals surface area contributed by atoms with E-state index in [0.717, 1.165) is 41.2 Å². The first-order valence-corrected chi connectivity index (χ1v) is 9.45. The Kier molecular flexibility index (Phi) is 6.32. The van der Waals surface area contributed by atoms with E-state index in [4.69, 9.17) is 16.6 Å². The van der Waals surface area contributed by atoms with Crippen LogP contribution in [0, 0.1) is 17.8 Å². The summed E-state index contributed by atoms with van der Waals surface area (Å²) in [4.78, 5) is 9.42. The van der Waals surface area contributed by atoms with Gasteiger partial charge in [0.15, 0.2) is 0 Å².